The lowest BCUT2D eigenvalue weighted by molar-refractivity contribution is -0.143. The molecule has 13 heteroatoms. The van der Waals surface area contributed by atoms with Gasteiger partial charge in [0.2, 0.25) is 21.8 Å². The number of carbonyl (C=O) groups is 3. The normalized spacial score (nSPS) is 24.6. The molecule has 3 amide bonds. The van der Waals surface area contributed by atoms with Gasteiger partial charge in [-0.05, 0) is 70.4 Å². The largest absolute Gasteiger partial charge is 0.493 e. The van der Waals surface area contributed by atoms with Crippen LogP contribution < -0.4 is 15.4 Å². The molecule has 3 aliphatic rings. The summed E-state index contributed by atoms with van der Waals surface area (Å²) in [7, 11) is -4.14. The van der Waals surface area contributed by atoms with Crippen molar-refractivity contribution in [1.29, 1.82) is 0 Å². The van der Waals surface area contributed by atoms with Gasteiger partial charge in [-0.1, -0.05) is 18.2 Å². The van der Waals surface area contributed by atoms with Crippen LogP contribution in [0.4, 0.5) is 9.18 Å². The van der Waals surface area contributed by atoms with Crippen LogP contribution in [0.1, 0.15) is 58.1 Å². The van der Waals surface area contributed by atoms with E-state index in [9.17, 15) is 27.2 Å². The van der Waals surface area contributed by atoms with Gasteiger partial charge in [0, 0.05) is 31.1 Å². The zero-order valence-electron chi connectivity index (χ0n) is 24.4. The molecule has 5 rings (SSSR count). The molecule has 0 radical (unpaired) electrons. The highest BCUT2D eigenvalue weighted by molar-refractivity contribution is 7.89. The van der Waals surface area contributed by atoms with E-state index in [-0.39, 0.29) is 36.4 Å². The molecule has 0 saturated carbocycles. The van der Waals surface area contributed by atoms with E-state index in [0.29, 0.717) is 31.6 Å². The minimum Gasteiger partial charge on any atom is -0.493 e. The van der Waals surface area contributed by atoms with Gasteiger partial charge in [-0.2, -0.15) is 4.31 Å². The summed E-state index contributed by atoms with van der Waals surface area (Å²) >= 11 is 0. The second kappa shape index (κ2) is 12.1. The van der Waals surface area contributed by atoms with Crippen molar-refractivity contribution < 1.29 is 36.7 Å². The Kier molecular flexibility index (Phi) is 8.66. The van der Waals surface area contributed by atoms with Crippen LogP contribution in [0.15, 0.2) is 53.4 Å². The molecule has 3 aliphatic heterocycles. The zero-order chi connectivity index (χ0) is 30.9. The van der Waals surface area contributed by atoms with Gasteiger partial charge in [0.05, 0.1) is 17.5 Å². The second-order valence-corrected chi connectivity index (χ2v) is 14.0. The predicted octanol–water partition coefficient (Wildman–Crippen LogP) is 3.11. The molecule has 2 aromatic carbocycles. The van der Waals surface area contributed by atoms with E-state index in [4.69, 9.17) is 9.47 Å². The monoisotopic (exact) mass is 616 g/mol. The first-order valence-corrected chi connectivity index (χ1v) is 15.9. The maximum atomic E-state index is 14.1. The van der Waals surface area contributed by atoms with Crippen LogP contribution in [-0.4, -0.2) is 79.0 Å². The number of nitrogens with one attached hydrogen (secondary N) is 2. The van der Waals surface area contributed by atoms with E-state index < -0.39 is 51.6 Å². The fraction of sp³-hybridized carbons (Fsp3) is 0.500. The van der Waals surface area contributed by atoms with Crippen molar-refractivity contribution in [2.75, 3.05) is 19.7 Å². The number of amides is 3. The molecule has 0 aromatic heterocycles. The molecular formula is C30H37FN4O7S. The number of para-hydroxylation sites is 1. The summed E-state index contributed by atoms with van der Waals surface area (Å²) in [6, 6.07) is 9.08. The highest BCUT2D eigenvalue weighted by atomic mass is 32.2. The average Bonchev–Trinajstić information content (AvgIpc) is 3.36. The Labute approximate surface area is 250 Å². The quantitative estimate of drug-likeness (QED) is 0.527. The molecule has 4 atom stereocenters. The van der Waals surface area contributed by atoms with Crippen molar-refractivity contribution in [3.8, 4) is 5.75 Å². The van der Waals surface area contributed by atoms with Crippen LogP contribution in [0.2, 0.25) is 0 Å². The smallest absolute Gasteiger partial charge is 0.408 e. The van der Waals surface area contributed by atoms with Crippen molar-refractivity contribution in [2.45, 2.75) is 81.1 Å². The summed E-state index contributed by atoms with van der Waals surface area (Å²) in [4.78, 5) is 42.0. The van der Waals surface area contributed by atoms with E-state index in [0.717, 1.165) is 34.1 Å². The summed E-state index contributed by atoms with van der Waals surface area (Å²) < 4.78 is 52.9. The maximum Gasteiger partial charge on any atom is 0.408 e. The van der Waals surface area contributed by atoms with Crippen molar-refractivity contribution in [2.24, 2.45) is 0 Å². The third-order valence-corrected chi connectivity index (χ3v) is 9.75. The molecule has 232 valence electrons. The number of sulfonamides is 1. The van der Waals surface area contributed by atoms with Crippen LogP contribution in [-0.2, 0) is 24.3 Å². The standard InChI is InChI=1S/C30H37FN4O7S/c1-30(2,3)42-29(38)33-24-18-34(43(39,40)21-11-8-19(31)9-12-21)16-14-20-10-13-25(35(20)28(24)37)27(36)32-23-15-17-41-26-7-5-4-6-22(23)26/h4-9,11-12,20,23-25H,10,13-18H2,1-3H3,(H,32,36)(H,33,38)/t20-,23-,24+,25+/m1/s1. The maximum absolute atomic E-state index is 14.1. The summed E-state index contributed by atoms with van der Waals surface area (Å²) in [6.07, 6.45) is 0.844. The van der Waals surface area contributed by atoms with Gasteiger partial charge in [0.15, 0.2) is 0 Å². The molecule has 2 aromatic rings. The van der Waals surface area contributed by atoms with Crippen LogP contribution >= 0.6 is 0 Å². The minimum atomic E-state index is -4.14. The number of carbonyl (C=O) groups excluding carboxylic acids is 3. The SMILES string of the molecule is CC(C)(C)OC(=O)N[C@H]1CN(S(=O)(=O)c2ccc(F)cc2)CC[C@H]2CC[C@@H](C(=O)N[C@@H]3CCOc4ccccc43)N2C1=O. The molecular weight excluding hydrogens is 579 g/mol. The average molecular weight is 617 g/mol. The van der Waals surface area contributed by atoms with Crippen molar-refractivity contribution in [1.82, 2.24) is 19.8 Å². The summed E-state index contributed by atoms with van der Waals surface area (Å²) in [5, 5.41) is 5.65. The number of halogens is 1. The van der Waals surface area contributed by atoms with Crippen molar-refractivity contribution in [3.05, 3.63) is 59.9 Å². The van der Waals surface area contributed by atoms with Crippen LogP contribution in [0.25, 0.3) is 0 Å². The van der Waals surface area contributed by atoms with Crippen molar-refractivity contribution >= 4 is 27.9 Å². The van der Waals surface area contributed by atoms with Crippen LogP contribution in [0.3, 0.4) is 0 Å². The van der Waals surface area contributed by atoms with Gasteiger partial charge in [-0.25, -0.2) is 17.6 Å². The van der Waals surface area contributed by atoms with Gasteiger partial charge in [0.25, 0.3) is 0 Å². The second-order valence-electron chi connectivity index (χ2n) is 12.0. The van der Waals surface area contributed by atoms with Crippen LogP contribution in [0.5, 0.6) is 5.75 Å². The highest BCUT2D eigenvalue weighted by Gasteiger charge is 2.47. The Morgan fingerprint density at radius 2 is 1.70 bits per heavy atom. The number of hydrogen-bond acceptors (Lipinski definition) is 7. The minimum absolute atomic E-state index is 0.0301. The zero-order valence-corrected chi connectivity index (χ0v) is 25.2. The lowest BCUT2D eigenvalue weighted by Gasteiger charge is -2.38. The number of nitrogens with zero attached hydrogens (tertiary/aromatic N) is 2. The molecule has 2 saturated heterocycles. The number of alkyl carbamates (subject to hydrolysis) is 1. The Balaban J connectivity index is 1.40. The first-order valence-electron chi connectivity index (χ1n) is 14.4. The van der Waals surface area contributed by atoms with Gasteiger partial charge >= 0.3 is 6.09 Å². The summed E-state index contributed by atoms with van der Waals surface area (Å²) in [5.41, 5.74) is -0.00510. The fourth-order valence-corrected chi connectivity index (χ4v) is 7.36. The first-order chi connectivity index (χ1) is 20.3. The molecule has 0 spiro atoms. The summed E-state index contributed by atoms with van der Waals surface area (Å²) in [6.45, 7) is 5.10. The Bertz CT molecular complexity index is 1480. The molecule has 0 bridgehead atoms. The third-order valence-electron chi connectivity index (χ3n) is 7.87. The number of benzene rings is 2. The highest BCUT2D eigenvalue weighted by Crippen LogP contribution is 2.34. The molecule has 2 N–H and O–H groups in total. The van der Waals surface area contributed by atoms with Gasteiger partial charge in [0.1, 0.15) is 29.3 Å². The Morgan fingerprint density at radius 1 is 0.977 bits per heavy atom. The number of ether oxygens (including phenoxy) is 2. The predicted molar refractivity (Wildman–Crippen MR) is 154 cm³/mol. The molecule has 0 aliphatic carbocycles. The molecule has 11 nitrogen and oxygen atoms in total. The molecule has 0 unspecified atom stereocenters. The first kappa shape index (κ1) is 30.7. The number of fused-ring (bicyclic) bond motifs is 2. The van der Waals surface area contributed by atoms with E-state index in [1.54, 1.807) is 20.8 Å². The fourth-order valence-electron chi connectivity index (χ4n) is 5.89. The molecule has 3 heterocycles. The number of hydrogen-bond donors (Lipinski definition) is 2. The molecule has 2 fully saturated rings. The Morgan fingerprint density at radius 3 is 2.42 bits per heavy atom. The van der Waals surface area contributed by atoms with Gasteiger partial charge in [-0.3, -0.25) is 9.59 Å². The Hall–Kier alpha value is -3.71. The van der Waals surface area contributed by atoms with Gasteiger partial charge in [-0.15, -0.1) is 0 Å². The lowest BCUT2D eigenvalue weighted by atomic mass is 10.00. The topological polar surface area (TPSA) is 134 Å². The molecule has 43 heavy (non-hydrogen) atoms. The van der Waals surface area contributed by atoms with Gasteiger partial charge < -0.3 is 25.0 Å². The van der Waals surface area contributed by atoms with E-state index in [1.165, 1.54) is 4.90 Å². The van der Waals surface area contributed by atoms with E-state index >= 15 is 0 Å². The van der Waals surface area contributed by atoms with E-state index in [2.05, 4.69) is 10.6 Å². The third kappa shape index (κ3) is 6.77. The lowest BCUT2D eigenvalue weighted by Crippen LogP contribution is -2.61. The van der Waals surface area contributed by atoms with E-state index in [1.807, 2.05) is 24.3 Å². The van der Waals surface area contributed by atoms with Crippen molar-refractivity contribution in [3.63, 3.8) is 0 Å². The van der Waals surface area contributed by atoms with Crippen LogP contribution in [0, 0.1) is 5.82 Å². The number of rotatable bonds is 5. The summed E-state index contributed by atoms with van der Waals surface area (Å²) in [5.74, 6) is -0.763.